The summed E-state index contributed by atoms with van der Waals surface area (Å²) >= 11 is 0. The van der Waals surface area contributed by atoms with Crippen molar-refractivity contribution in [2.24, 2.45) is 0 Å². The monoisotopic (exact) mass is 272 g/mol. The van der Waals surface area contributed by atoms with Crippen molar-refractivity contribution < 1.29 is 9.72 Å². The van der Waals surface area contributed by atoms with Crippen LogP contribution >= 0.6 is 0 Å². The Kier molecular flexibility index (Phi) is 3.85. The molecule has 2 aromatic rings. The second kappa shape index (κ2) is 5.74. The van der Waals surface area contributed by atoms with Crippen molar-refractivity contribution >= 4 is 29.4 Å². The molecular weight excluding hydrogens is 262 g/mol. The Morgan fingerprint density at radius 1 is 1.30 bits per heavy atom. The number of rotatable bonds is 5. The lowest BCUT2D eigenvalue weighted by molar-refractivity contribution is -0.384. The highest BCUT2D eigenvalue weighted by Gasteiger charge is 2.16. The molecule has 0 unspecified atom stereocenters. The minimum absolute atomic E-state index is 0.0555. The Morgan fingerprint density at radius 3 is 2.75 bits per heavy atom. The van der Waals surface area contributed by atoms with Gasteiger partial charge >= 0.3 is 6.41 Å². The summed E-state index contributed by atoms with van der Waals surface area (Å²) in [7, 11) is 0. The number of para-hydroxylation sites is 1. The number of aryl methyl sites for hydroxylation is 1. The van der Waals surface area contributed by atoms with Crippen LogP contribution in [0.5, 0.6) is 0 Å². The molecule has 0 saturated heterocycles. The third kappa shape index (κ3) is 2.86. The van der Waals surface area contributed by atoms with Crippen LogP contribution in [-0.4, -0.2) is 21.3 Å². The van der Waals surface area contributed by atoms with Gasteiger partial charge in [-0.05, 0) is 12.5 Å². The van der Waals surface area contributed by atoms with E-state index < -0.39 is 4.92 Å². The zero-order chi connectivity index (χ0) is 14.5. The third-order valence-corrected chi connectivity index (χ3v) is 2.55. The predicted molar refractivity (Wildman–Crippen MR) is 72.5 cm³/mol. The molecule has 1 amide bonds. The number of amides is 1. The fourth-order valence-corrected chi connectivity index (χ4v) is 1.64. The van der Waals surface area contributed by atoms with Crippen LogP contribution in [0.2, 0.25) is 0 Å². The van der Waals surface area contributed by atoms with Crippen molar-refractivity contribution in [1.29, 1.82) is 0 Å². The second-order valence-corrected chi connectivity index (χ2v) is 3.87. The van der Waals surface area contributed by atoms with E-state index in [-0.39, 0.29) is 11.5 Å². The van der Waals surface area contributed by atoms with Crippen molar-refractivity contribution in [2.45, 2.75) is 6.92 Å². The van der Waals surface area contributed by atoms with Gasteiger partial charge in [0, 0.05) is 12.1 Å². The zero-order valence-electron chi connectivity index (χ0n) is 10.5. The second-order valence-electron chi connectivity index (χ2n) is 3.87. The van der Waals surface area contributed by atoms with E-state index in [1.807, 2.05) is 0 Å². The van der Waals surface area contributed by atoms with E-state index in [1.54, 1.807) is 19.1 Å². The number of nitro groups is 1. The molecule has 2 rings (SSSR count). The van der Waals surface area contributed by atoms with Crippen LogP contribution < -0.4 is 10.6 Å². The van der Waals surface area contributed by atoms with Gasteiger partial charge < -0.3 is 10.6 Å². The summed E-state index contributed by atoms with van der Waals surface area (Å²) in [5.41, 5.74) is 0.992. The Balaban J connectivity index is 2.37. The van der Waals surface area contributed by atoms with Crippen LogP contribution in [0.25, 0.3) is 0 Å². The average Bonchev–Trinajstić information content (AvgIpc) is 2.41. The van der Waals surface area contributed by atoms with Crippen LogP contribution in [0.15, 0.2) is 30.6 Å². The van der Waals surface area contributed by atoms with Crippen molar-refractivity contribution in [3.8, 4) is 0 Å². The Bertz CT molecular complexity index is 659. The van der Waals surface area contributed by atoms with Gasteiger partial charge in [-0.15, -0.1) is 0 Å². The molecule has 20 heavy (non-hydrogen) atoms. The van der Waals surface area contributed by atoms with E-state index in [0.717, 1.165) is 0 Å². The highest BCUT2D eigenvalue weighted by Crippen LogP contribution is 2.30. The number of anilines is 3. The van der Waals surface area contributed by atoms with E-state index >= 15 is 0 Å². The smallest absolute Gasteiger partial charge is 0.315 e. The van der Waals surface area contributed by atoms with Gasteiger partial charge in [0.15, 0.2) is 0 Å². The Labute approximate surface area is 114 Å². The lowest BCUT2D eigenvalue weighted by Crippen LogP contribution is -2.03. The molecule has 8 heteroatoms. The molecule has 8 nitrogen and oxygen atoms in total. The molecular formula is C12H10N5O3. The lowest BCUT2D eigenvalue weighted by atomic mass is 10.1. The van der Waals surface area contributed by atoms with Gasteiger partial charge in [0.1, 0.15) is 23.7 Å². The number of aromatic nitrogens is 2. The number of nitrogens with zero attached hydrogens (tertiary/aromatic N) is 3. The van der Waals surface area contributed by atoms with Gasteiger partial charge in [0.2, 0.25) is 0 Å². The standard InChI is InChI=1S/C12H10N5O3/c1-8-3-2-4-9(17(19)20)12(8)16-11-5-10(15-7-18)13-6-14-11/h2-6H,1H3,(H2,13,14,15,16,18). The fraction of sp³-hybridized carbons (Fsp3) is 0.0833. The molecule has 0 spiro atoms. The summed E-state index contributed by atoms with van der Waals surface area (Å²) in [6.07, 6.45) is 2.72. The molecule has 0 aliphatic rings. The molecule has 1 aromatic heterocycles. The van der Waals surface area contributed by atoms with Gasteiger partial charge in [-0.2, -0.15) is 0 Å². The molecule has 1 aromatic carbocycles. The van der Waals surface area contributed by atoms with Crippen LogP contribution in [0.1, 0.15) is 5.56 Å². The van der Waals surface area contributed by atoms with Gasteiger partial charge in [0.25, 0.3) is 5.69 Å². The summed E-state index contributed by atoms with van der Waals surface area (Å²) in [4.78, 5) is 28.5. The van der Waals surface area contributed by atoms with E-state index in [2.05, 4.69) is 20.6 Å². The first-order valence-corrected chi connectivity index (χ1v) is 5.58. The summed E-state index contributed by atoms with van der Waals surface area (Å²) in [6, 6.07) is 6.19. The minimum atomic E-state index is -0.477. The van der Waals surface area contributed by atoms with Crippen molar-refractivity contribution in [2.75, 3.05) is 10.6 Å². The Hall–Kier alpha value is -3.03. The SMILES string of the molecule is Cc1cccc([N+](=O)[O-])c1Nc1cc(N[C]=O)ncn1. The van der Waals surface area contributed by atoms with Gasteiger partial charge in [-0.25, -0.2) is 9.97 Å². The normalized spacial score (nSPS) is 9.85. The number of benzene rings is 1. The summed E-state index contributed by atoms with van der Waals surface area (Å²) in [5.74, 6) is 0.573. The number of hydrogen-bond donors (Lipinski definition) is 2. The summed E-state index contributed by atoms with van der Waals surface area (Å²) in [6.45, 7) is 1.74. The maximum absolute atomic E-state index is 11.0. The molecule has 0 saturated carbocycles. The largest absolute Gasteiger partial charge is 0.334 e. The van der Waals surface area contributed by atoms with E-state index in [1.165, 1.54) is 24.9 Å². The van der Waals surface area contributed by atoms with Crippen molar-refractivity contribution in [1.82, 2.24) is 9.97 Å². The van der Waals surface area contributed by atoms with Crippen molar-refractivity contribution in [3.63, 3.8) is 0 Å². The summed E-state index contributed by atoms with van der Waals surface area (Å²) < 4.78 is 0. The van der Waals surface area contributed by atoms with E-state index in [4.69, 9.17) is 0 Å². The lowest BCUT2D eigenvalue weighted by Gasteiger charge is -2.09. The zero-order valence-corrected chi connectivity index (χ0v) is 10.5. The van der Waals surface area contributed by atoms with E-state index in [0.29, 0.717) is 17.1 Å². The highest BCUT2D eigenvalue weighted by atomic mass is 16.6. The van der Waals surface area contributed by atoms with Crippen LogP contribution in [-0.2, 0) is 4.79 Å². The first kappa shape index (κ1) is 13.4. The van der Waals surface area contributed by atoms with Crippen LogP contribution in [0, 0.1) is 17.0 Å². The number of nitro benzene ring substituents is 1. The first-order chi connectivity index (χ1) is 9.61. The van der Waals surface area contributed by atoms with E-state index in [9.17, 15) is 14.9 Å². The molecule has 0 atom stereocenters. The predicted octanol–water partition coefficient (Wildman–Crippen LogP) is 1.92. The topological polar surface area (TPSA) is 110 Å². The average molecular weight is 272 g/mol. The molecule has 1 radical (unpaired) electrons. The van der Waals surface area contributed by atoms with Crippen molar-refractivity contribution in [3.05, 3.63) is 46.3 Å². The maximum Gasteiger partial charge on any atom is 0.315 e. The fourth-order valence-electron chi connectivity index (χ4n) is 1.64. The molecule has 0 aliphatic heterocycles. The van der Waals surface area contributed by atoms with Gasteiger partial charge in [-0.1, -0.05) is 12.1 Å². The first-order valence-electron chi connectivity index (χ1n) is 5.58. The molecule has 0 aliphatic carbocycles. The van der Waals surface area contributed by atoms with Gasteiger partial charge in [0.05, 0.1) is 4.92 Å². The minimum Gasteiger partial charge on any atom is -0.334 e. The molecule has 1 heterocycles. The number of hydrogen-bond acceptors (Lipinski definition) is 6. The maximum atomic E-state index is 11.0. The molecule has 0 fully saturated rings. The third-order valence-electron chi connectivity index (χ3n) is 2.55. The van der Waals surface area contributed by atoms with Crippen LogP contribution in [0.4, 0.5) is 23.0 Å². The summed E-state index contributed by atoms with van der Waals surface area (Å²) in [5, 5.41) is 16.1. The number of nitrogens with one attached hydrogen (secondary N) is 2. The molecule has 0 bridgehead atoms. The van der Waals surface area contributed by atoms with Gasteiger partial charge in [-0.3, -0.25) is 14.9 Å². The quantitative estimate of drug-likeness (QED) is 0.488. The number of carbonyl (C=O) groups excluding carboxylic acids is 1. The Morgan fingerprint density at radius 2 is 2.05 bits per heavy atom. The molecule has 2 N–H and O–H groups in total. The highest BCUT2D eigenvalue weighted by molar-refractivity contribution is 5.74. The van der Waals surface area contributed by atoms with Crippen LogP contribution in [0.3, 0.4) is 0 Å². The molecule has 101 valence electrons.